The largest absolute Gasteiger partial charge is 0.346 e. The van der Waals surface area contributed by atoms with Crippen LogP contribution < -0.4 is 11.1 Å². The van der Waals surface area contributed by atoms with E-state index in [1.54, 1.807) is 6.20 Å². The first-order valence-electron chi connectivity index (χ1n) is 4.71. The Morgan fingerprint density at radius 1 is 1.73 bits per heavy atom. The highest BCUT2D eigenvalue weighted by Crippen LogP contribution is 2.32. The van der Waals surface area contributed by atoms with Crippen molar-refractivity contribution in [3.05, 3.63) is 18.0 Å². The monoisotopic (exact) mass is 230 g/mol. The smallest absolute Gasteiger partial charge is 0.240 e. The summed E-state index contributed by atoms with van der Waals surface area (Å²) in [4.78, 5) is 11.6. The van der Waals surface area contributed by atoms with Crippen molar-refractivity contribution in [2.24, 2.45) is 5.73 Å². The van der Waals surface area contributed by atoms with Gasteiger partial charge in [0.05, 0.1) is 17.3 Å². The molecular weight excluding hydrogens is 216 g/mol. The normalized spacial score (nSPS) is 18.8. The molecule has 84 valence electrons. The fourth-order valence-electron chi connectivity index (χ4n) is 1.29. The first kappa shape index (κ1) is 12.0. The standard InChI is InChI=1S/C9H14N4O.ClH/c1-6(7-2-5-11-13-7)12-8(14)9(10)3-4-9;/h2,5-6H,3-4,10H2,1H3,(H,11,13)(H,12,14);1H. The topological polar surface area (TPSA) is 83.8 Å². The molecule has 15 heavy (non-hydrogen) atoms. The zero-order valence-electron chi connectivity index (χ0n) is 8.49. The average molecular weight is 231 g/mol. The number of hydrogen-bond donors (Lipinski definition) is 3. The maximum Gasteiger partial charge on any atom is 0.240 e. The van der Waals surface area contributed by atoms with Gasteiger partial charge in [-0.2, -0.15) is 5.10 Å². The van der Waals surface area contributed by atoms with Crippen molar-refractivity contribution in [2.75, 3.05) is 0 Å². The molecule has 0 bridgehead atoms. The highest BCUT2D eigenvalue weighted by molar-refractivity contribution is 5.89. The molecule has 1 atom stereocenters. The third-order valence-electron chi connectivity index (χ3n) is 2.58. The van der Waals surface area contributed by atoms with Gasteiger partial charge in [0.25, 0.3) is 0 Å². The van der Waals surface area contributed by atoms with Gasteiger partial charge in [0.15, 0.2) is 0 Å². The fraction of sp³-hybridized carbons (Fsp3) is 0.556. The number of aromatic nitrogens is 2. The highest BCUT2D eigenvalue weighted by atomic mass is 35.5. The molecule has 0 saturated heterocycles. The Hall–Kier alpha value is -1.07. The summed E-state index contributed by atoms with van der Waals surface area (Å²) in [7, 11) is 0. The van der Waals surface area contributed by atoms with Gasteiger partial charge in [0.1, 0.15) is 0 Å². The first-order chi connectivity index (χ1) is 6.62. The lowest BCUT2D eigenvalue weighted by Crippen LogP contribution is -2.43. The summed E-state index contributed by atoms with van der Waals surface area (Å²) >= 11 is 0. The number of rotatable bonds is 3. The molecule has 1 heterocycles. The van der Waals surface area contributed by atoms with Gasteiger partial charge < -0.3 is 11.1 Å². The molecule has 1 aromatic rings. The van der Waals surface area contributed by atoms with E-state index >= 15 is 0 Å². The fourth-order valence-corrected chi connectivity index (χ4v) is 1.29. The van der Waals surface area contributed by atoms with Gasteiger partial charge in [-0.15, -0.1) is 12.4 Å². The van der Waals surface area contributed by atoms with E-state index in [9.17, 15) is 4.79 Å². The average Bonchev–Trinajstić information content (AvgIpc) is 2.71. The SMILES string of the molecule is CC(NC(=O)C1(N)CC1)c1ccn[nH]1.Cl. The van der Waals surface area contributed by atoms with Gasteiger partial charge in [-0.05, 0) is 25.8 Å². The van der Waals surface area contributed by atoms with Crippen molar-refractivity contribution < 1.29 is 4.79 Å². The second-order valence-electron chi connectivity index (χ2n) is 3.86. The Balaban J connectivity index is 0.00000112. The van der Waals surface area contributed by atoms with E-state index in [0.717, 1.165) is 18.5 Å². The van der Waals surface area contributed by atoms with Crippen LogP contribution in [-0.2, 0) is 4.79 Å². The number of aromatic amines is 1. The zero-order chi connectivity index (χ0) is 10.2. The number of amides is 1. The second kappa shape index (κ2) is 4.20. The first-order valence-corrected chi connectivity index (χ1v) is 4.71. The van der Waals surface area contributed by atoms with Crippen LogP contribution in [0.1, 0.15) is 31.5 Å². The molecule has 0 radical (unpaired) electrons. The minimum absolute atomic E-state index is 0. The minimum atomic E-state index is -0.603. The Labute approximate surface area is 94.2 Å². The maximum atomic E-state index is 11.6. The van der Waals surface area contributed by atoms with Gasteiger partial charge in [-0.25, -0.2) is 0 Å². The predicted molar refractivity (Wildman–Crippen MR) is 58.5 cm³/mol. The van der Waals surface area contributed by atoms with Crippen LogP contribution >= 0.6 is 12.4 Å². The second-order valence-corrected chi connectivity index (χ2v) is 3.86. The van der Waals surface area contributed by atoms with Crippen LogP contribution in [0.15, 0.2) is 12.3 Å². The molecule has 1 aromatic heterocycles. The molecule has 1 unspecified atom stereocenters. The van der Waals surface area contributed by atoms with Crippen molar-refractivity contribution in [3.8, 4) is 0 Å². The Bertz CT molecular complexity index is 334. The van der Waals surface area contributed by atoms with Crippen LogP contribution in [0.4, 0.5) is 0 Å². The quantitative estimate of drug-likeness (QED) is 0.707. The van der Waals surface area contributed by atoms with Crippen LogP contribution in [0.2, 0.25) is 0 Å². The molecule has 1 saturated carbocycles. The van der Waals surface area contributed by atoms with Gasteiger partial charge in [-0.3, -0.25) is 9.89 Å². The number of halogens is 1. The summed E-state index contributed by atoms with van der Waals surface area (Å²) < 4.78 is 0. The third-order valence-corrected chi connectivity index (χ3v) is 2.58. The highest BCUT2D eigenvalue weighted by Gasteiger charge is 2.46. The zero-order valence-corrected chi connectivity index (χ0v) is 9.30. The van der Waals surface area contributed by atoms with Crippen LogP contribution in [0.25, 0.3) is 0 Å². The summed E-state index contributed by atoms with van der Waals surface area (Å²) in [5.74, 6) is -0.0698. The number of H-pyrrole nitrogens is 1. The number of nitrogens with zero attached hydrogens (tertiary/aromatic N) is 1. The van der Waals surface area contributed by atoms with Gasteiger partial charge in [-0.1, -0.05) is 0 Å². The summed E-state index contributed by atoms with van der Waals surface area (Å²) in [6.45, 7) is 1.90. The Kier molecular flexibility index (Phi) is 3.36. The summed E-state index contributed by atoms with van der Waals surface area (Å²) in [6, 6.07) is 1.77. The molecule has 0 aromatic carbocycles. The molecule has 1 aliphatic rings. The van der Waals surface area contributed by atoms with E-state index in [1.807, 2.05) is 13.0 Å². The number of hydrogen-bond acceptors (Lipinski definition) is 3. The van der Waals surface area contributed by atoms with Crippen molar-refractivity contribution >= 4 is 18.3 Å². The van der Waals surface area contributed by atoms with Crippen molar-refractivity contribution in [1.29, 1.82) is 0 Å². The van der Waals surface area contributed by atoms with E-state index in [2.05, 4.69) is 15.5 Å². The van der Waals surface area contributed by atoms with Crippen LogP contribution in [0.5, 0.6) is 0 Å². The minimum Gasteiger partial charge on any atom is -0.346 e. The Morgan fingerprint density at radius 3 is 2.87 bits per heavy atom. The summed E-state index contributed by atoms with van der Waals surface area (Å²) in [5, 5.41) is 9.48. The molecule has 5 nitrogen and oxygen atoms in total. The molecule has 0 spiro atoms. The number of nitrogens with one attached hydrogen (secondary N) is 2. The molecule has 6 heteroatoms. The lowest BCUT2D eigenvalue weighted by molar-refractivity contribution is -0.123. The lowest BCUT2D eigenvalue weighted by atomic mass is 10.2. The van der Waals surface area contributed by atoms with Gasteiger partial charge in [0, 0.05) is 6.20 Å². The third kappa shape index (κ3) is 2.49. The van der Waals surface area contributed by atoms with Crippen LogP contribution in [0, 0.1) is 0 Å². The molecule has 2 rings (SSSR count). The van der Waals surface area contributed by atoms with Crippen molar-refractivity contribution in [2.45, 2.75) is 31.3 Å². The number of carbonyl (C=O) groups is 1. The number of carbonyl (C=O) groups excluding carboxylic acids is 1. The molecule has 4 N–H and O–H groups in total. The molecule has 1 aliphatic carbocycles. The van der Waals surface area contributed by atoms with Gasteiger partial charge in [0.2, 0.25) is 5.91 Å². The van der Waals surface area contributed by atoms with E-state index in [0.29, 0.717) is 0 Å². The van der Waals surface area contributed by atoms with Gasteiger partial charge >= 0.3 is 0 Å². The van der Waals surface area contributed by atoms with E-state index in [4.69, 9.17) is 5.73 Å². The summed E-state index contributed by atoms with van der Waals surface area (Å²) in [6.07, 6.45) is 3.23. The molecular formula is C9H15ClN4O. The van der Waals surface area contributed by atoms with Crippen molar-refractivity contribution in [1.82, 2.24) is 15.5 Å². The van der Waals surface area contributed by atoms with E-state index in [1.165, 1.54) is 0 Å². The Morgan fingerprint density at radius 2 is 2.40 bits per heavy atom. The van der Waals surface area contributed by atoms with E-state index < -0.39 is 5.54 Å². The summed E-state index contributed by atoms with van der Waals surface area (Å²) in [5.41, 5.74) is 6.04. The molecule has 1 amide bonds. The number of nitrogens with two attached hydrogens (primary N) is 1. The van der Waals surface area contributed by atoms with E-state index in [-0.39, 0.29) is 24.4 Å². The molecule has 1 fully saturated rings. The van der Waals surface area contributed by atoms with Crippen LogP contribution in [0.3, 0.4) is 0 Å². The molecule has 0 aliphatic heterocycles. The lowest BCUT2D eigenvalue weighted by Gasteiger charge is -2.15. The van der Waals surface area contributed by atoms with Crippen molar-refractivity contribution in [3.63, 3.8) is 0 Å². The maximum absolute atomic E-state index is 11.6. The predicted octanol–water partition coefficient (Wildman–Crippen LogP) is 0.500. The van der Waals surface area contributed by atoms with Crippen LogP contribution in [-0.4, -0.2) is 21.6 Å².